The number of piperidine rings is 1. The lowest BCUT2D eigenvalue weighted by Crippen LogP contribution is -2.36. The van der Waals surface area contributed by atoms with E-state index < -0.39 is 0 Å². The molecular weight excluding hydrogens is 298 g/mol. The summed E-state index contributed by atoms with van der Waals surface area (Å²) in [6.07, 6.45) is 5.61. The fourth-order valence-electron chi connectivity index (χ4n) is 3.69. The van der Waals surface area contributed by atoms with Gasteiger partial charge in [-0.3, -0.25) is 9.69 Å². The summed E-state index contributed by atoms with van der Waals surface area (Å²) in [5, 5.41) is 1.16. The van der Waals surface area contributed by atoms with Crippen molar-refractivity contribution < 1.29 is 0 Å². The first-order valence-electron chi connectivity index (χ1n) is 8.74. The van der Waals surface area contributed by atoms with Crippen LogP contribution in [-0.4, -0.2) is 27.5 Å². The second kappa shape index (κ2) is 6.29. The van der Waals surface area contributed by atoms with Gasteiger partial charge in [-0.05, 0) is 62.2 Å². The Bertz CT molecular complexity index is 908. The molecule has 1 aliphatic rings. The zero-order valence-electron chi connectivity index (χ0n) is 14.0. The largest absolute Gasteiger partial charge is 0.354 e. The summed E-state index contributed by atoms with van der Waals surface area (Å²) in [6.45, 7) is 4.52. The Morgan fingerprint density at radius 2 is 2.12 bits per heavy atom. The second-order valence-corrected chi connectivity index (χ2v) is 6.83. The van der Waals surface area contributed by atoms with Crippen molar-refractivity contribution in [2.75, 3.05) is 6.54 Å². The van der Waals surface area contributed by atoms with E-state index in [-0.39, 0.29) is 5.56 Å². The average molecular weight is 321 g/mol. The Balaban J connectivity index is 1.64. The monoisotopic (exact) mass is 321 g/mol. The van der Waals surface area contributed by atoms with Crippen LogP contribution in [0.5, 0.6) is 0 Å². The van der Waals surface area contributed by atoms with Crippen LogP contribution in [-0.2, 0) is 6.54 Å². The molecule has 3 heterocycles. The van der Waals surface area contributed by atoms with Crippen molar-refractivity contribution in [1.29, 1.82) is 0 Å². The van der Waals surface area contributed by atoms with Crippen LogP contribution in [0.3, 0.4) is 0 Å². The highest BCUT2D eigenvalue weighted by Crippen LogP contribution is 2.25. The number of pyridine rings is 1. The molecule has 0 saturated carbocycles. The van der Waals surface area contributed by atoms with Crippen molar-refractivity contribution >= 4 is 10.9 Å². The summed E-state index contributed by atoms with van der Waals surface area (Å²) in [5.41, 5.74) is 3.90. The molecule has 0 radical (unpaired) electrons. The third kappa shape index (κ3) is 2.89. The molecule has 4 nitrogen and oxygen atoms in total. The van der Waals surface area contributed by atoms with Crippen molar-refractivity contribution in [3.05, 3.63) is 58.5 Å². The van der Waals surface area contributed by atoms with Gasteiger partial charge < -0.3 is 9.97 Å². The molecule has 0 aliphatic carbocycles. The third-order valence-corrected chi connectivity index (χ3v) is 5.12. The van der Waals surface area contributed by atoms with Crippen molar-refractivity contribution in [2.24, 2.45) is 0 Å². The summed E-state index contributed by atoms with van der Waals surface area (Å²) in [7, 11) is 0. The molecule has 4 rings (SSSR count). The van der Waals surface area contributed by atoms with Crippen molar-refractivity contribution in [3.63, 3.8) is 0 Å². The quantitative estimate of drug-likeness (QED) is 0.769. The van der Waals surface area contributed by atoms with Gasteiger partial charge in [0.05, 0.1) is 11.3 Å². The van der Waals surface area contributed by atoms with Gasteiger partial charge in [0.25, 0.3) is 5.56 Å². The number of aromatic amines is 2. The number of nitrogens with zero attached hydrogens (tertiary/aromatic N) is 1. The third-order valence-electron chi connectivity index (χ3n) is 5.12. The van der Waals surface area contributed by atoms with Gasteiger partial charge >= 0.3 is 0 Å². The van der Waals surface area contributed by atoms with E-state index in [1.54, 1.807) is 6.20 Å². The van der Waals surface area contributed by atoms with Crippen LogP contribution < -0.4 is 5.56 Å². The van der Waals surface area contributed by atoms with E-state index in [2.05, 4.69) is 46.1 Å². The van der Waals surface area contributed by atoms with E-state index >= 15 is 0 Å². The lowest BCUT2D eigenvalue weighted by atomic mass is 10.0. The highest BCUT2D eigenvalue weighted by atomic mass is 16.1. The molecule has 0 bridgehead atoms. The van der Waals surface area contributed by atoms with Gasteiger partial charge in [0, 0.05) is 29.7 Å². The number of rotatable bonds is 3. The number of benzene rings is 1. The molecule has 0 spiro atoms. The van der Waals surface area contributed by atoms with Gasteiger partial charge in [-0.1, -0.05) is 12.5 Å². The molecule has 124 valence electrons. The van der Waals surface area contributed by atoms with E-state index in [0.717, 1.165) is 23.1 Å². The number of H-pyrrole nitrogens is 2. The highest BCUT2D eigenvalue weighted by Gasteiger charge is 2.18. The minimum absolute atomic E-state index is 0.0635. The number of hydrogen-bond acceptors (Lipinski definition) is 2. The van der Waals surface area contributed by atoms with Gasteiger partial charge in [-0.25, -0.2) is 0 Å². The molecule has 4 heteroatoms. The number of hydrogen-bond donors (Lipinski definition) is 2. The minimum atomic E-state index is -0.0635. The van der Waals surface area contributed by atoms with E-state index in [9.17, 15) is 4.79 Å². The van der Waals surface area contributed by atoms with E-state index in [0.29, 0.717) is 11.6 Å². The molecule has 0 amide bonds. The first kappa shape index (κ1) is 15.2. The number of likely N-dealkylation sites (tertiary alicyclic amines) is 1. The molecule has 0 unspecified atom stereocenters. The molecule has 1 fully saturated rings. The average Bonchev–Trinajstić information content (AvgIpc) is 3.00. The van der Waals surface area contributed by atoms with Gasteiger partial charge in [0.2, 0.25) is 0 Å². The van der Waals surface area contributed by atoms with E-state index in [1.165, 1.54) is 31.4 Å². The number of fused-ring (bicyclic) bond motifs is 1. The van der Waals surface area contributed by atoms with Gasteiger partial charge in [0.1, 0.15) is 0 Å². The summed E-state index contributed by atoms with van der Waals surface area (Å²) in [4.78, 5) is 20.6. The number of nitrogens with one attached hydrogen (secondary N) is 2. The van der Waals surface area contributed by atoms with Crippen molar-refractivity contribution in [2.45, 2.75) is 38.8 Å². The summed E-state index contributed by atoms with van der Waals surface area (Å²) in [5.74, 6) is 0. The maximum absolute atomic E-state index is 12.0. The van der Waals surface area contributed by atoms with E-state index in [4.69, 9.17) is 0 Å². The van der Waals surface area contributed by atoms with Crippen molar-refractivity contribution in [3.8, 4) is 11.3 Å². The summed E-state index contributed by atoms with van der Waals surface area (Å²) in [6, 6.07) is 13.0. The van der Waals surface area contributed by atoms with Crippen molar-refractivity contribution in [1.82, 2.24) is 14.9 Å². The van der Waals surface area contributed by atoms with Crippen LogP contribution in [0.4, 0.5) is 0 Å². The Kier molecular flexibility index (Phi) is 3.98. The highest BCUT2D eigenvalue weighted by molar-refractivity contribution is 5.86. The molecule has 3 aromatic rings. The van der Waals surface area contributed by atoms with Crippen LogP contribution in [0.1, 0.15) is 31.7 Å². The fraction of sp³-hybridized carbons (Fsp3) is 0.350. The molecule has 1 saturated heterocycles. The molecule has 1 atom stereocenters. The first-order valence-corrected chi connectivity index (χ1v) is 8.74. The number of aromatic nitrogens is 2. The fourth-order valence-corrected chi connectivity index (χ4v) is 3.69. The molecule has 2 N–H and O–H groups in total. The smallest absolute Gasteiger partial charge is 0.257 e. The Hall–Kier alpha value is -2.33. The first-order chi connectivity index (χ1) is 11.7. The SMILES string of the molecule is C[C@H]1CCCCN1Cc1ccc2[nH]c(-c3ccc[nH]c3=O)cc2c1. The normalized spacial score (nSPS) is 19.0. The standard InChI is InChI=1S/C20H23N3O/c1-14-5-2-3-10-23(14)13-15-7-8-18-16(11-15)12-19(22-18)17-6-4-9-21-20(17)24/h4,6-9,11-12,14,22H,2-3,5,10,13H2,1H3,(H,21,24)/t14-/m0/s1. The molecule has 24 heavy (non-hydrogen) atoms. The van der Waals surface area contributed by atoms with Crippen LogP contribution in [0.2, 0.25) is 0 Å². The maximum atomic E-state index is 12.0. The zero-order valence-corrected chi connectivity index (χ0v) is 14.0. The Morgan fingerprint density at radius 1 is 1.21 bits per heavy atom. The maximum Gasteiger partial charge on any atom is 0.257 e. The van der Waals surface area contributed by atoms with Crippen LogP contribution in [0.15, 0.2) is 47.4 Å². The van der Waals surface area contributed by atoms with Gasteiger partial charge in [0.15, 0.2) is 0 Å². The van der Waals surface area contributed by atoms with Gasteiger partial charge in [-0.2, -0.15) is 0 Å². The van der Waals surface area contributed by atoms with Gasteiger partial charge in [-0.15, -0.1) is 0 Å². The van der Waals surface area contributed by atoms with Crippen LogP contribution in [0.25, 0.3) is 22.2 Å². The lowest BCUT2D eigenvalue weighted by molar-refractivity contribution is 0.152. The summed E-state index contributed by atoms with van der Waals surface area (Å²) >= 11 is 0. The topological polar surface area (TPSA) is 51.9 Å². The predicted molar refractivity (Wildman–Crippen MR) is 98.1 cm³/mol. The van der Waals surface area contributed by atoms with E-state index in [1.807, 2.05) is 12.1 Å². The molecule has 1 aromatic carbocycles. The second-order valence-electron chi connectivity index (χ2n) is 6.83. The molecule has 1 aliphatic heterocycles. The Labute approximate surface area is 141 Å². The minimum Gasteiger partial charge on any atom is -0.354 e. The molecular formula is C20H23N3O. The lowest BCUT2D eigenvalue weighted by Gasteiger charge is -2.33. The summed E-state index contributed by atoms with van der Waals surface area (Å²) < 4.78 is 0. The van der Waals surface area contributed by atoms with Crippen LogP contribution >= 0.6 is 0 Å². The zero-order chi connectivity index (χ0) is 16.5. The predicted octanol–water partition coefficient (Wildman–Crippen LogP) is 3.90. The van der Waals surface area contributed by atoms with Crippen LogP contribution in [0, 0.1) is 0 Å². The molecule has 2 aromatic heterocycles. The Morgan fingerprint density at radius 3 is 2.96 bits per heavy atom.